The largest absolute Gasteiger partial charge is 0.355 e. The van der Waals surface area contributed by atoms with Crippen LogP contribution >= 0.6 is 24.0 Å². The zero-order valence-electron chi connectivity index (χ0n) is 15.5. The van der Waals surface area contributed by atoms with Crippen LogP contribution in [-0.4, -0.2) is 43.6 Å². The zero-order chi connectivity index (χ0) is 16.7. The molecule has 0 amide bonds. The van der Waals surface area contributed by atoms with Gasteiger partial charge in [0, 0.05) is 19.6 Å². The Morgan fingerprint density at radius 2 is 1.75 bits per heavy atom. The minimum Gasteiger partial charge on any atom is -0.355 e. The third-order valence-electron chi connectivity index (χ3n) is 4.73. The number of guanidine groups is 1. The number of nitrogens with one attached hydrogen (secondary N) is 2. The Morgan fingerprint density at radius 1 is 1.12 bits per heavy atom. The average Bonchev–Trinajstić information content (AvgIpc) is 3.08. The summed E-state index contributed by atoms with van der Waals surface area (Å²) in [6, 6.07) is 11.3. The van der Waals surface area contributed by atoms with Crippen molar-refractivity contribution < 1.29 is 0 Å². The van der Waals surface area contributed by atoms with Crippen molar-refractivity contribution in [3.8, 4) is 0 Å². The summed E-state index contributed by atoms with van der Waals surface area (Å²) >= 11 is 0. The molecular formula is C19H33IN4. The molecule has 1 aromatic rings. The van der Waals surface area contributed by atoms with Crippen LogP contribution < -0.4 is 10.6 Å². The van der Waals surface area contributed by atoms with Gasteiger partial charge in [-0.1, -0.05) is 44.2 Å². The predicted octanol–water partition coefficient (Wildman–Crippen LogP) is 3.65. The molecule has 0 spiro atoms. The molecule has 0 saturated carbocycles. The van der Waals surface area contributed by atoms with E-state index in [0.29, 0.717) is 12.0 Å². The molecule has 2 N–H and O–H groups in total. The topological polar surface area (TPSA) is 39.7 Å². The summed E-state index contributed by atoms with van der Waals surface area (Å²) in [7, 11) is 1.84. The molecule has 1 aromatic carbocycles. The summed E-state index contributed by atoms with van der Waals surface area (Å²) in [5, 5.41) is 7.01. The van der Waals surface area contributed by atoms with E-state index in [1.807, 2.05) is 13.1 Å². The molecule has 1 fully saturated rings. The highest BCUT2D eigenvalue weighted by atomic mass is 127. The molecule has 24 heavy (non-hydrogen) atoms. The standard InChI is InChI=1S/C19H32N4.HI/c1-15(2)18(23-12-8-9-13-23)14-21-19(20-4)22-16(3)17-10-6-5-7-11-17;/h5-7,10-11,15-16,18H,8-9,12-14H2,1-4H3,(H2,20,21,22);1H. The van der Waals surface area contributed by atoms with Crippen molar-refractivity contribution >= 4 is 29.9 Å². The Balaban J connectivity index is 0.00000288. The monoisotopic (exact) mass is 444 g/mol. The highest BCUT2D eigenvalue weighted by Crippen LogP contribution is 2.17. The maximum atomic E-state index is 4.39. The van der Waals surface area contributed by atoms with E-state index in [9.17, 15) is 0 Å². The molecule has 1 saturated heterocycles. The lowest BCUT2D eigenvalue weighted by Gasteiger charge is -2.31. The summed E-state index contributed by atoms with van der Waals surface area (Å²) < 4.78 is 0. The Labute approximate surface area is 164 Å². The molecule has 1 heterocycles. The number of nitrogens with zero attached hydrogens (tertiary/aromatic N) is 2. The second-order valence-electron chi connectivity index (χ2n) is 6.78. The van der Waals surface area contributed by atoms with Gasteiger partial charge in [0.1, 0.15) is 0 Å². The van der Waals surface area contributed by atoms with Gasteiger partial charge in [-0.3, -0.25) is 9.89 Å². The molecular weight excluding hydrogens is 411 g/mol. The van der Waals surface area contributed by atoms with E-state index in [-0.39, 0.29) is 30.0 Å². The molecule has 4 nitrogen and oxygen atoms in total. The van der Waals surface area contributed by atoms with Crippen LogP contribution in [0, 0.1) is 5.92 Å². The fourth-order valence-electron chi connectivity index (χ4n) is 3.29. The van der Waals surface area contributed by atoms with Crippen LogP contribution in [0.15, 0.2) is 35.3 Å². The van der Waals surface area contributed by atoms with Gasteiger partial charge in [0.25, 0.3) is 0 Å². The van der Waals surface area contributed by atoms with E-state index >= 15 is 0 Å². The smallest absolute Gasteiger partial charge is 0.191 e. The maximum absolute atomic E-state index is 4.39. The van der Waals surface area contributed by atoms with Gasteiger partial charge in [0.15, 0.2) is 5.96 Å². The lowest BCUT2D eigenvalue weighted by Crippen LogP contribution is -2.48. The van der Waals surface area contributed by atoms with E-state index in [4.69, 9.17) is 0 Å². The first-order valence-corrected chi connectivity index (χ1v) is 8.88. The van der Waals surface area contributed by atoms with Crippen molar-refractivity contribution in [3.63, 3.8) is 0 Å². The Bertz CT molecular complexity index is 483. The molecule has 5 heteroatoms. The molecule has 1 aliphatic heterocycles. The van der Waals surface area contributed by atoms with E-state index in [2.05, 4.69) is 65.6 Å². The maximum Gasteiger partial charge on any atom is 0.191 e. The van der Waals surface area contributed by atoms with Crippen LogP contribution in [0.4, 0.5) is 0 Å². The lowest BCUT2D eigenvalue weighted by molar-refractivity contribution is 0.192. The first-order chi connectivity index (χ1) is 11.1. The van der Waals surface area contributed by atoms with Crippen molar-refractivity contribution in [3.05, 3.63) is 35.9 Å². The zero-order valence-corrected chi connectivity index (χ0v) is 17.8. The number of halogens is 1. The van der Waals surface area contributed by atoms with Crippen LogP contribution in [0.1, 0.15) is 45.2 Å². The average molecular weight is 444 g/mol. The molecule has 2 rings (SSSR count). The van der Waals surface area contributed by atoms with Crippen LogP contribution in [0.2, 0.25) is 0 Å². The number of rotatable bonds is 6. The number of hydrogen-bond acceptors (Lipinski definition) is 2. The minimum atomic E-state index is 0. The Kier molecular flexibility index (Phi) is 9.66. The summed E-state index contributed by atoms with van der Waals surface area (Å²) in [6.45, 7) is 10.2. The van der Waals surface area contributed by atoms with E-state index in [1.54, 1.807) is 0 Å². The van der Waals surface area contributed by atoms with Gasteiger partial charge in [-0.2, -0.15) is 0 Å². The fraction of sp³-hybridized carbons (Fsp3) is 0.632. The van der Waals surface area contributed by atoms with E-state index < -0.39 is 0 Å². The molecule has 0 bridgehead atoms. The third kappa shape index (κ3) is 6.24. The SMILES string of the molecule is CN=C(NCC(C(C)C)N1CCCC1)NC(C)c1ccccc1.I. The lowest BCUT2D eigenvalue weighted by atomic mass is 10.0. The van der Waals surface area contributed by atoms with Gasteiger partial charge >= 0.3 is 0 Å². The predicted molar refractivity (Wildman–Crippen MR) is 114 cm³/mol. The quantitative estimate of drug-likeness (QED) is 0.400. The number of likely N-dealkylation sites (tertiary alicyclic amines) is 1. The van der Waals surface area contributed by atoms with Crippen LogP contribution in [0.3, 0.4) is 0 Å². The van der Waals surface area contributed by atoms with Gasteiger partial charge in [-0.05, 0) is 44.3 Å². The first kappa shape index (κ1) is 21.2. The second-order valence-corrected chi connectivity index (χ2v) is 6.78. The number of hydrogen-bond donors (Lipinski definition) is 2. The molecule has 2 atom stereocenters. The Hall–Kier alpha value is -0.820. The second kappa shape index (κ2) is 10.9. The van der Waals surface area contributed by atoms with Crippen LogP contribution in [-0.2, 0) is 0 Å². The van der Waals surface area contributed by atoms with E-state index in [0.717, 1.165) is 12.5 Å². The number of aliphatic imine (C=N–C) groups is 1. The first-order valence-electron chi connectivity index (χ1n) is 8.88. The fourth-order valence-corrected chi connectivity index (χ4v) is 3.29. The highest BCUT2D eigenvalue weighted by Gasteiger charge is 2.24. The van der Waals surface area contributed by atoms with Crippen molar-refractivity contribution in [2.24, 2.45) is 10.9 Å². The van der Waals surface area contributed by atoms with Gasteiger partial charge < -0.3 is 10.6 Å². The molecule has 0 aliphatic carbocycles. The van der Waals surface area contributed by atoms with Gasteiger partial charge in [-0.15, -0.1) is 24.0 Å². The van der Waals surface area contributed by atoms with Crippen molar-refractivity contribution in [2.45, 2.75) is 45.7 Å². The minimum absolute atomic E-state index is 0. The normalized spacial score (nSPS) is 18.1. The summed E-state index contributed by atoms with van der Waals surface area (Å²) in [5.41, 5.74) is 1.27. The highest BCUT2D eigenvalue weighted by molar-refractivity contribution is 14.0. The van der Waals surface area contributed by atoms with Crippen molar-refractivity contribution in [1.82, 2.24) is 15.5 Å². The molecule has 1 aliphatic rings. The molecule has 136 valence electrons. The Morgan fingerprint density at radius 3 is 2.29 bits per heavy atom. The number of benzene rings is 1. The molecule has 0 aromatic heterocycles. The van der Waals surface area contributed by atoms with Crippen molar-refractivity contribution in [2.75, 3.05) is 26.7 Å². The summed E-state index contributed by atoms with van der Waals surface area (Å²) in [5.74, 6) is 1.52. The van der Waals surface area contributed by atoms with Gasteiger partial charge in [0.05, 0.1) is 6.04 Å². The molecule has 0 radical (unpaired) electrons. The van der Waals surface area contributed by atoms with Crippen LogP contribution in [0.5, 0.6) is 0 Å². The van der Waals surface area contributed by atoms with Gasteiger partial charge in [-0.25, -0.2) is 0 Å². The van der Waals surface area contributed by atoms with Crippen LogP contribution in [0.25, 0.3) is 0 Å². The van der Waals surface area contributed by atoms with E-state index in [1.165, 1.54) is 31.5 Å². The van der Waals surface area contributed by atoms with Gasteiger partial charge in [0.2, 0.25) is 0 Å². The van der Waals surface area contributed by atoms with Crippen molar-refractivity contribution in [1.29, 1.82) is 0 Å². The summed E-state index contributed by atoms with van der Waals surface area (Å²) in [6.07, 6.45) is 2.67. The summed E-state index contributed by atoms with van der Waals surface area (Å²) in [4.78, 5) is 7.00. The molecule has 2 unspecified atom stereocenters. The third-order valence-corrected chi connectivity index (χ3v) is 4.73.